The van der Waals surface area contributed by atoms with Crippen LogP contribution in [0.15, 0.2) is 24.3 Å². The predicted octanol–water partition coefficient (Wildman–Crippen LogP) is 0.997. The number of nitrogens with one attached hydrogen (secondary N) is 1. The van der Waals surface area contributed by atoms with Gasteiger partial charge < -0.3 is 25.4 Å². The average Bonchev–Trinajstić information content (AvgIpc) is 2.60. The van der Waals surface area contributed by atoms with Crippen molar-refractivity contribution in [2.75, 3.05) is 40.5 Å². The van der Waals surface area contributed by atoms with Crippen molar-refractivity contribution in [2.24, 2.45) is 11.7 Å². The highest BCUT2D eigenvalue weighted by molar-refractivity contribution is 5.81. The van der Waals surface area contributed by atoms with Crippen LogP contribution in [-0.4, -0.2) is 57.3 Å². The molecule has 0 radical (unpaired) electrons. The van der Waals surface area contributed by atoms with Crippen molar-refractivity contribution >= 4 is 5.91 Å². The van der Waals surface area contributed by atoms with Gasteiger partial charge in [0.15, 0.2) is 0 Å². The number of carbonyl (C=O) groups is 1. The van der Waals surface area contributed by atoms with Crippen molar-refractivity contribution in [2.45, 2.75) is 25.4 Å². The molecule has 1 aliphatic heterocycles. The molecule has 0 bridgehead atoms. The summed E-state index contributed by atoms with van der Waals surface area (Å²) in [7, 11) is 4.01. The molecule has 1 saturated heterocycles. The molecule has 0 aromatic heterocycles. The summed E-state index contributed by atoms with van der Waals surface area (Å²) in [6.45, 7) is 3.26. The largest absolute Gasteiger partial charge is 0.492 e. The number of carbonyl (C=O) groups excluding carboxylic acids is 1. The standard InChI is InChI=1S/C18H29N3O3/c1-21(2)9-12-24-16-6-4-3-5-15(16)13-20-18(22)17(19)14-7-10-23-11-8-14/h3-6,14,17H,7-13,19H2,1-2H3,(H,20,22). The number of hydrogen-bond donors (Lipinski definition) is 2. The van der Waals surface area contributed by atoms with Crippen LogP contribution in [0.4, 0.5) is 0 Å². The van der Waals surface area contributed by atoms with Crippen LogP contribution in [0.2, 0.25) is 0 Å². The fourth-order valence-electron chi connectivity index (χ4n) is 2.72. The minimum absolute atomic E-state index is 0.106. The number of nitrogens with zero attached hydrogens (tertiary/aromatic N) is 1. The molecule has 1 unspecified atom stereocenters. The summed E-state index contributed by atoms with van der Waals surface area (Å²) in [5.41, 5.74) is 7.07. The van der Waals surface area contributed by atoms with Crippen molar-refractivity contribution in [1.29, 1.82) is 0 Å². The zero-order valence-corrected chi connectivity index (χ0v) is 14.7. The number of amides is 1. The van der Waals surface area contributed by atoms with Gasteiger partial charge >= 0.3 is 0 Å². The van der Waals surface area contributed by atoms with Crippen molar-refractivity contribution in [3.05, 3.63) is 29.8 Å². The molecule has 1 amide bonds. The maximum atomic E-state index is 12.3. The Morgan fingerprint density at radius 3 is 2.79 bits per heavy atom. The van der Waals surface area contributed by atoms with Crippen molar-refractivity contribution in [3.8, 4) is 5.75 Å². The van der Waals surface area contributed by atoms with E-state index in [2.05, 4.69) is 10.2 Å². The molecular formula is C18H29N3O3. The van der Waals surface area contributed by atoms with E-state index in [1.54, 1.807) is 0 Å². The maximum absolute atomic E-state index is 12.3. The summed E-state index contributed by atoms with van der Waals surface area (Å²) >= 11 is 0. The third kappa shape index (κ3) is 5.78. The molecule has 1 aromatic carbocycles. The zero-order chi connectivity index (χ0) is 17.4. The molecule has 1 aliphatic rings. The van der Waals surface area contributed by atoms with Crippen LogP contribution in [0.1, 0.15) is 18.4 Å². The Hall–Kier alpha value is -1.63. The fraction of sp³-hybridized carbons (Fsp3) is 0.611. The van der Waals surface area contributed by atoms with Gasteiger partial charge in [0.25, 0.3) is 0 Å². The molecule has 134 valence electrons. The summed E-state index contributed by atoms with van der Waals surface area (Å²) in [5.74, 6) is 0.898. The molecule has 1 atom stereocenters. The molecule has 1 fully saturated rings. The second kappa shape index (κ2) is 9.61. The summed E-state index contributed by atoms with van der Waals surface area (Å²) in [6, 6.07) is 7.29. The van der Waals surface area contributed by atoms with Crippen LogP contribution in [0.25, 0.3) is 0 Å². The van der Waals surface area contributed by atoms with Gasteiger partial charge in [-0.1, -0.05) is 18.2 Å². The summed E-state index contributed by atoms with van der Waals surface area (Å²) in [5, 5.41) is 2.94. The number of benzene rings is 1. The summed E-state index contributed by atoms with van der Waals surface area (Å²) in [4.78, 5) is 14.4. The highest BCUT2D eigenvalue weighted by Gasteiger charge is 2.26. The smallest absolute Gasteiger partial charge is 0.237 e. The Kier molecular flexibility index (Phi) is 7.49. The van der Waals surface area contributed by atoms with Gasteiger partial charge in [0.05, 0.1) is 6.04 Å². The molecular weight excluding hydrogens is 306 g/mol. The van der Waals surface area contributed by atoms with E-state index >= 15 is 0 Å². The first-order chi connectivity index (χ1) is 11.6. The van der Waals surface area contributed by atoms with E-state index in [4.69, 9.17) is 15.2 Å². The Morgan fingerprint density at radius 1 is 1.38 bits per heavy atom. The number of likely N-dealkylation sites (N-methyl/N-ethyl adjacent to an activating group) is 1. The van der Waals surface area contributed by atoms with Gasteiger partial charge in [-0.3, -0.25) is 4.79 Å². The number of rotatable bonds is 8. The Morgan fingerprint density at radius 2 is 2.08 bits per heavy atom. The molecule has 0 spiro atoms. The van der Waals surface area contributed by atoms with E-state index in [9.17, 15) is 4.79 Å². The van der Waals surface area contributed by atoms with Gasteiger partial charge in [0, 0.05) is 31.9 Å². The molecule has 3 N–H and O–H groups in total. The second-order valence-corrected chi connectivity index (χ2v) is 6.45. The van der Waals surface area contributed by atoms with E-state index in [-0.39, 0.29) is 11.8 Å². The third-order valence-electron chi connectivity index (χ3n) is 4.30. The van der Waals surface area contributed by atoms with Crippen LogP contribution in [0, 0.1) is 5.92 Å². The molecule has 24 heavy (non-hydrogen) atoms. The van der Waals surface area contributed by atoms with E-state index in [0.29, 0.717) is 26.4 Å². The lowest BCUT2D eigenvalue weighted by atomic mass is 9.92. The lowest BCUT2D eigenvalue weighted by Crippen LogP contribution is -2.46. The van der Waals surface area contributed by atoms with Gasteiger partial charge in [0.2, 0.25) is 5.91 Å². The van der Waals surface area contributed by atoms with Crippen LogP contribution < -0.4 is 15.8 Å². The SMILES string of the molecule is CN(C)CCOc1ccccc1CNC(=O)C(N)C1CCOCC1. The van der Waals surface area contributed by atoms with Gasteiger partial charge in [-0.15, -0.1) is 0 Å². The first kappa shape index (κ1) is 18.7. The Bertz CT molecular complexity index is 516. The third-order valence-corrected chi connectivity index (χ3v) is 4.30. The Balaban J connectivity index is 1.85. The minimum atomic E-state index is -0.476. The van der Waals surface area contributed by atoms with E-state index < -0.39 is 6.04 Å². The van der Waals surface area contributed by atoms with E-state index in [1.165, 1.54) is 0 Å². The minimum Gasteiger partial charge on any atom is -0.492 e. The lowest BCUT2D eigenvalue weighted by molar-refractivity contribution is -0.124. The van der Waals surface area contributed by atoms with E-state index in [1.807, 2.05) is 38.4 Å². The number of ether oxygens (including phenoxy) is 2. The van der Waals surface area contributed by atoms with Gasteiger partial charge in [0.1, 0.15) is 12.4 Å². The van der Waals surface area contributed by atoms with Gasteiger partial charge in [-0.2, -0.15) is 0 Å². The number of hydrogen-bond acceptors (Lipinski definition) is 5. The summed E-state index contributed by atoms with van der Waals surface area (Å²) in [6.07, 6.45) is 1.69. The number of para-hydroxylation sites is 1. The van der Waals surface area contributed by atoms with Crippen molar-refractivity contribution in [1.82, 2.24) is 10.2 Å². The van der Waals surface area contributed by atoms with Crippen molar-refractivity contribution < 1.29 is 14.3 Å². The van der Waals surface area contributed by atoms with Gasteiger partial charge in [-0.25, -0.2) is 0 Å². The molecule has 1 heterocycles. The molecule has 1 aromatic rings. The quantitative estimate of drug-likeness (QED) is 0.741. The first-order valence-corrected chi connectivity index (χ1v) is 8.54. The molecule has 0 saturated carbocycles. The average molecular weight is 335 g/mol. The van der Waals surface area contributed by atoms with Gasteiger partial charge in [-0.05, 0) is 38.9 Å². The number of nitrogens with two attached hydrogens (primary N) is 1. The molecule has 2 rings (SSSR count). The zero-order valence-electron chi connectivity index (χ0n) is 14.7. The predicted molar refractivity (Wildman–Crippen MR) is 93.9 cm³/mol. The summed E-state index contributed by atoms with van der Waals surface area (Å²) < 4.78 is 11.1. The fourth-order valence-corrected chi connectivity index (χ4v) is 2.72. The van der Waals surface area contributed by atoms with Crippen LogP contribution in [0.5, 0.6) is 5.75 Å². The Labute approximate surface area is 144 Å². The van der Waals surface area contributed by atoms with Crippen molar-refractivity contribution in [3.63, 3.8) is 0 Å². The highest BCUT2D eigenvalue weighted by atomic mass is 16.5. The highest BCUT2D eigenvalue weighted by Crippen LogP contribution is 2.19. The second-order valence-electron chi connectivity index (χ2n) is 6.45. The normalized spacial score (nSPS) is 16.8. The topological polar surface area (TPSA) is 76.8 Å². The first-order valence-electron chi connectivity index (χ1n) is 8.54. The van der Waals surface area contributed by atoms with Crippen LogP contribution in [0.3, 0.4) is 0 Å². The molecule has 6 nitrogen and oxygen atoms in total. The lowest BCUT2D eigenvalue weighted by Gasteiger charge is -2.26. The maximum Gasteiger partial charge on any atom is 0.237 e. The van der Waals surface area contributed by atoms with E-state index in [0.717, 1.165) is 30.7 Å². The molecule has 6 heteroatoms. The monoisotopic (exact) mass is 335 g/mol. The molecule has 0 aliphatic carbocycles. The van der Waals surface area contributed by atoms with Crippen LogP contribution in [-0.2, 0) is 16.1 Å². The van der Waals surface area contributed by atoms with Crippen LogP contribution >= 0.6 is 0 Å².